The van der Waals surface area contributed by atoms with Crippen LogP contribution in [0.25, 0.3) is 0 Å². The van der Waals surface area contributed by atoms with E-state index in [1.54, 1.807) is 60.7 Å². The summed E-state index contributed by atoms with van der Waals surface area (Å²) in [5, 5.41) is 20.3. The quantitative estimate of drug-likeness (QED) is 0.0894. The molecule has 0 heterocycles. The zero-order valence-electron chi connectivity index (χ0n) is 22.1. The van der Waals surface area contributed by atoms with E-state index in [1.165, 1.54) is 19.3 Å². The molecule has 200 valence electrons. The van der Waals surface area contributed by atoms with Gasteiger partial charge >= 0.3 is 5.97 Å². The molecule has 2 N–H and O–H groups in total. The summed E-state index contributed by atoms with van der Waals surface area (Å²) in [4.78, 5) is 39.5. The van der Waals surface area contributed by atoms with Gasteiger partial charge in [0.2, 0.25) is 0 Å². The summed E-state index contributed by atoms with van der Waals surface area (Å²) in [6.07, 6.45) is 13.9. The van der Waals surface area contributed by atoms with Crippen LogP contribution in [0.1, 0.15) is 105 Å². The molecule has 37 heavy (non-hydrogen) atoms. The number of carbonyl (C=O) groups excluding carboxylic acids is 2. The number of carbonyl (C=O) groups is 3. The Labute approximate surface area is 221 Å². The molecule has 5 nitrogen and oxygen atoms in total. The van der Waals surface area contributed by atoms with E-state index in [9.17, 15) is 24.6 Å². The van der Waals surface area contributed by atoms with E-state index >= 15 is 0 Å². The molecule has 0 bridgehead atoms. The Morgan fingerprint density at radius 1 is 0.757 bits per heavy atom. The van der Waals surface area contributed by atoms with Crippen LogP contribution in [-0.4, -0.2) is 33.9 Å². The van der Waals surface area contributed by atoms with E-state index in [4.69, 9.17) is 0 Å². The molecule has 0 unspecified atom stereocenters. The molecular weight excluding hydrogens is 464 g/mol. The van der Waals surface area contributed by atoms with Crippen molar-refractivity contribution in [2.24, 2.45) is 5.41 Å². The van der Waals surface area contributed by atoms with Crippen molar-refractivity contribution in [2.45, 2.75) is 90.1 Å². The van der Waals surface area contributed by atoms with Crippen molar-refractivity contribution in [3.05, 3.63) is 83.9 Å². The molecule has 1 atom stereocenters. The van der Waals surface area contributed by atoms with Crippen LogP contribution >= 0.6 is 0 Å². The van der Waals surface area contributed by atoms with Crippen molar-refractivity contribution in [3.63, 3.8) is 0 Å². The Bertz CT molecular complexity index is 929. The van der Waals surface area contributed by atoms with Gasteiger partial charge in [-0.2, -0.15) is 0 Å². The van der Waals surface area contributed by atoms with Crippen molar-refractivity contribution >= 4 is 17.5 Å². The van der Waals surface area contributed by atoms with Crippen molar-refractivity contribution in [3.8, 4) is 0 Å². The van der Waals surface area contributed by atoms with Crippen LogP contribution < -0.4 is 0 Å². The summed E-state index contributed by atoms with van der Waals surface area (Å²) < 4.78 is 0. The normalized spacial score (nSPS) is 12.5. The molecule has 0 radical (unpaired) electrons. The zero-order chi connectivity index (χ0) is 26.9. The highest BCUT2D eigenvalue weighted by Crippen LogP contribution is 2.34. The Morgan fingerprint density at radius 2 is 1.30 bits per heavy atom. The van der Waals surface area contributed by atoms with Crippen LogP contribution in [-0.2, 0) is 4.79 Å². The largest absolute Gasteiger partial charge is 0.480 e. The average molecular weight is 507 g/mol. The summed E-state index contributed by atoms with van der Waals surface area (Å²) in [6, 6.07) is 16.4. The molecular formula is C32H42O5. The number of hydrogen-bond acceptors (Lipinski definition) is 4. The fraction of sp³-hybridized carbons (Fsp3) is 0.469. The molecule has 2 rings (SSSR count). The number of hydrogen-bond donors (Lipinski definition) is 2. The topological polar surface area (TPSA) is 91.7 Å². The molecule has 0 aliphatic rings. The van der Waals surface area contributed by atoms with Gasteiger partial charge in [0.25, 0.3) is 0 Å². The van der Waals surface area contributed by atoms with E-state index in [1.807, 2.05) is 6.08 Å². The number of aliphatic hydroxyl groups excluding tert-OH is 1. The number of unbranched alkanes of at least 4 members (excludes halogenated alkanes) is 7. The summed E-state index contributed by atoms with van der Waals surface area (Å²) in [6.45, 7) is 2.18. The molecule has 2 aromatic carbocycles. The SMILES string of the molecule is CCCCCC[C@@H](O)CC=CCCCCCCC(C(=O)O)(C(=O)c1ccccc1)C(=O)c1ccccc1. The van der Waals surface area contributed by atoms with E-state index in [0.29, 0.717) is 12.8 Å². The van der Waals surface area contributed by atoms with E-state index < -0.39 is 23.0 Å². The Morgan fingerprint density at radius 3 is 1.84 bits per heavy atom. The highest BCUT2D eigenvalue weighted by Gasteiger charge is 2.52. The highest BCUT2D eigenvalue weighted by atomic mass is 16.4. The second-order valence-corrected chi connectivity index (χ2v) is 9.76. The van der Waals surface area contributed by atoms with Crippen molar-refractivity contribution in [1.82, 2.24) is 0 Å². The van der Waals surface area contributed by atoms with Crippen molar-refractivity contribution in [1.29, 1.82) is 0 Å². The third-order valence-electron chi connectivity index (χ3n) is 6.85. The lowest BCUT2D eigenvalue weighted by Crippen LogP contribution is -2.46. The fourth-order valence-corrected chi connectivity index (χ4v) is 4.60. The first-order valence-corrected chi connectivity index (χ1v) is 13.7. The first-order valence-electron chi connectivity index (χ1n) is 13.7. The summed E-state index contributed by atoms with van der Waals surface area (Å²) in [5.74, 6) is -2.72. The average Bonchev–Trinajstić information content (AvgIpc) is 2.92. The lowest BCUT2D eigenvalue weighted by atomic mass is 9.71. The lowest BCUT2D eigenvalue weighted by Gasteiger charge is -2.27. The summed E-state index contributed by atoms with van der Waals surface area (Å²) in [7, 11) is 0. The molecule has 0 spiro atoms. The van der Waals surface area contributed by atoms with E-state index in [2.05, 4.69) is 13.0 Å². The van der Waals surface area contributed by atoms with Gasteiger partial charge in [-0.3, -0.25) is 14.4 Å². The first-order chi connectivity index (χ1) is 17.9. The maximum absolute atomic E-state index is 13.5. The minimum Gasteiger partial charge on any atom is -0.480 e. The number of carboxylic acids is 1. The Hall–Kier alpha value is -3.05. The first kappa shape index (κ1) is 30.2. The van der Waals surface area contributed by atoms with Gasteiger partial charge < -0.3 is 10.2 Å². The predicted octanol–water partition coefficient (Wildman–Crippen LogP) is 7.44. The van der Waals surface area contributed by atoms with Gasteiger partial charge in [-0.15, -0.1) is 0 Å². The fourth-order valence-electron chi connectivity index (χ4n) is 4.60. The second-order valence-electron chi connectivity index (χ2n) is 9.76. The Kier molecular flexibility index (Phi) is 13.6. The molecule has 0 fully saturated rings. The standard InChI is InChI=1S/C32H42O5/c1-2-3-4-16-23-28(33)24-17-8-6-5-7-9-18-25-32(31(36)37,29(34)26-19-12-10-13-20-26)30(35)27-21-14-11-15-22-27/h8,10-15,17,19-22,28,33H,2-7,9,16,18,23-25H2,1H3,(H,36,37)/t28-/m1/s1. The minimum atomic E-state index is -2.14. The van der Waals surface area contributed by atoms with Crippen molar-refractivity contribution < 1.29 is 24.6 Å². The molecule has 0 saturated carbocycles. The number of allylic oxidation sites excluding steroid dienone is 1. The predicted molar refractivity (Wildman–Crippen MR) is 148 cm³/mol. The van der Waals surface area contributed by atoms with Gasteiger partial charge in [0.05, 0.1) is 6.10 Å². The van der Waals surface area contributed by atoms with E-state index in [0.717, 1.165) is 38.5 Å². The third-order valence-corrected chi connectivity index (χ3v) is 6.85. The van der Waals surface area contributed by atoms with Crippen molar-refractivity contribution in [2.75, 3.05) is 0 Å². The monoisotopic (exact) mass is 506 g/mol. The van der Waals surface area contributed by atoms with Crippen LogP contribution in [0, 0.1) is 5.41 Å². The van der Waals surface area contributed by atoms with Crippen LogP contribution in [0.15, 0.2) is 72.8 Å². The molecule has 2 aromatic rings. The number of Topliss-reactive ketones (excluding diaryl/α,β-unsaturated/α-hetero) is 2. The third kappa shape index (κ3) is 9.40. The van der Waals surface area contributed by atoms with Crippen LogP contribution in [0.5, 0.6) is 0 Å². The van der Waals surface area contributed by atoms with Gasteiger partial charge in [-0.05, 0) is 32.1 Å². The van der Waals surface area contributed by atoms with Crippen LogP contribution in [0.4, 0.5) is 0 Å². The summed E-state index contributed by atoms with van der Waals surface area (Å²) >= 11 is 0. The number of carboxylic acid groups (broad SMARTS) is 1. The number of aliphatic carboxylic acids is 1. The maximum Gasteiger partial charge on any atom is 0.325 e. The van der Waals surface area contributed by atoms with Crippen LogP contribution in [0.2, 0.25) is 0 Å². The lowest BCUT2D eigenvalue weighted by molar-refractivity contribution is -0.143. The number of benzene rings is 2. The minimum absolute atomic E-state index is 0.0378. The molecule has 5 heteroatoms. The number of rotatable bonds is 19. The van der Waals surface area contributed by atoms with Crippen LogP contribution in [0.3, 0.4) is 0 Å². The van der Waals surface area contributed by atoms with E-state index in [-0.39, 0.29) is 23.7 Å². The van der Waals surface area contributed by atoms with Gasteiger partial charge in [0.15, 0.2) is 17.0 Å². The molecule has 0 aromatic heterocycles. The molecule has 0 amide bonds. The Balaban J connectivity index is 1.92. The van der Waals surface area contributed by atoms with Gasteiger partial charge in [-0.25, -0.2) is 0 Å². The number of ketones is 2. The van der Waals surface area contributed by atoms with Gasteiger partial charge in [0.1, 0.15) is 0 Å². The zero-order valence-corrected chi connectivity index (χ0v) is 22.1. The molecule has 0 aliphatic heterocycles. The summed E-state index contributed by atoms with van der Waals surface area (Å²) in [5.41, 5.74) is -1.69. The molecule has 0 aliphatic carbocycles. The second kappa shape index (κ2) is 16.6. The van der Waals surface area contributed by atoms with Gasteiger partial charge in [0, 0.05) is 11.1 Å². The smallest absolute Gasteiger partial charge is 0.325 e. The molecule has 0 saturated heterocycles. The van der Waals surface area contributed by atoms with Gasteiger partial charge in [-0.1, -0.05) is 125 Å². The maximum atomic E-state index is 13.5. The number of aliphatic hydroxyl groups is 1. The highest BCUT2D eigenvalue weighted by molar-refractivity contribution is 6.30.